The molecule has 1 atom stereocenters. The number of aryl methyl sites for hydroxylation is 2. The van der Waals surface area contributed by atoms with Crippen LogP contribution in [0, 0.1) is 19.7 Å². The van der Waals surface area contributed by atoms with Crippen LogP contribution in [0.1, 0.15) is 27.0 Å². The van der Waals surface area contributed by atoms with Gasteiger partial charge in [0.25, 0.3) is 11.5 Å². The maximum absolute atomic E-state index is 13.4. The van der Waals surface area contributed by atoms with E-state index in [0.717, 1.165) is 31.4 Å². The molecule has 0 aliphatic rings. The van der Waals surface area contributed by atoms with Gasteiger partial charge in [-0.15, -0.1) is 0 Å². The molecule has 9 heteroatoms. The van der Waals surface area contributed by atoms with E-state index in [1.54, 1.807) is 0 Å². The number of hydrogen-bond donors (Lipinski definition) is 2. The minimum Gasteiger partial charge on any atom is -0.466 e. The van der Waals surface area contributed by atoms with E-state index in [1.807, 2.05) is 0 Å². The van der Waals surface area contributed by atoms with Gasteiger partial charge in [-0.05, 0) is 49.2 Å². The molecular weight excluding hydrogens is 382 g/mol. The van der Waals surface area contributed by atoms with E-state index in [1.165, 1.54) is 26.0 Å². The number of carbonyl (C=O) groups is 2. The lowest BCUT2D eigenvalue weighted by Gasteiger charge is -2.29. The third-order valence-corrected chi connectivity index (χ3v) is 4.19. The molecule has 0 aliphatic carbocycles. The summed E-state index contributed by atoms with van der Waals surface area (Å²) in [5.41, 5.74) is -3.88. The first-order valence-electron chi connectivity index (χ1n) is 7.98. The predicted octanol–water partition coefficient (Wildman–Crippen LogP) is 3.62. The summed E-state index contributed by atoms with van der Waals surface area (Å²) in [6, 6.07) is 6.58. The van der Waals surface area contributed by atoms with Crippen LogP contribution < -0.4 is 5.32 Å². The number of anilines is 1. The summed E-state index contributed by atoms with van der Waals surface area (Å²) in [4.78, 5) is 24.0. The zero-order valence-corrected chi connectivity index (χ0v) is 15.1. The summed E-state index contributed by atoms with van der Waals surface area (Å²) in [6.07, 6.45) is -5.32. The third-order valence-electron chi connectivity index (χ3n) is 4.19. The van der Waals surface area contributed by atoms with Gasteiger partial charge in [0, 0.05) is 16.8 Å². The van der Waals surface area contributed by atoms with Crippen LogP contribution in [-0.4, -0.2) is 30.3 Å². The minimum atomic E-state index is -5.32. The number of benzene rings is 2. The Kier molecular flexibility index (Phi) is 5.79. The van der Waals surface area contributed by atoms with Crippen LogP contribution in [-0.2, 0) is 15.1 Å². The van der Waals surface area contributed by atoms with Gasteiger partial charge in [0.15, 0.2) is 0 Å². The maximum Gasteiger partial charge on any atom is 0.432 e. The minimum absolute atomic E-state index is 0.144. The van der Waals surface area contributed by atoms with Crippen molar-refractivity contribution in [2.45, 2.75) is 25.6 Å². The molecule has 0 radical (unpaired) electrons. The normalized spacial score (nSPS) is 13.6. The van der Waals surface area contributed by atoms with Crippen LogP contribution >= 0.6 is 0 Å². The summed E-state index contributed by atoms with van der Waals surface area (Å²) in [5.74, 6) is -3.00. The van der Waals surface area contributed by atoms with Crippen LogP contribution in [0.5, 0.6) is 0 Å². The van der Waals surface area contributed by atoms with Crippen molar-refractivity contribution in [2.24, 2.45) is 0 Å². The molecule has 150 valence electrons. The first-order valence-corrected chi connectivity index (χ1v) is 7.98. The van der Waals surface area contributed by atoms with Gasteiger partial charge in [0.1, 0.15) is 5.82 Å². The number of esters is 1. The maximum atomic E-state index is 13.4. The summed E-state index contributed by atoms with van der Waals surface area (Å²) in [7, 11) is 0.732. The molecule has 0 spiro atoms. The van der Waals surface area contributed by atoms with Crippen LogP contribution in [0.3, 0.4) is 0 Å². The standard InChI is InChI=1S/C19H17F4NO4/c1-10-8-13(18(27,17(26)28-3)19(21,22)23)9-11(2)15(10)24-16(25)12-4-6-14(20)7-5-12/h4-9,27H,1-3H3,(H,24,25). The highest BCUT2D eigenvalue weighted by molar-refractivity contribution is 6.05. The third kappa shape index (κ3) is 3.84. The Morgan fingerprint density at radius 3 is 1.96 bits per heavy atom. The Labute approximate surface area is 157 Å². The lowest BCUT2D eigenvalue weighted by Crippen LogP contribution is -2.50. The van der Waals surface area contributed by atoms with Crippen LogP contribution in [0.2, 0.25) is 0 Å². The first kappa shape index (κ1) is 21.4. The average Bonchev–Trinajstić information content (AvgIpc) is 2.62. The molecule has 0 saturated carbocycles. The Bertz CT molecular complexity index is 886. The Balaban J connectivity index is 2.45. The SMILES string of the molecule is COC(=O)C(O)(c1cc(C)c(NC(=O)c2ccc(F)cc2)c(C)c1)C(F)(F)F. The number of nitrogens with one attached hydrogen (secondary N) is 1. The molecule has 1 unspecified atom stereocenters. The summed E-state index contributed by atoms with van der Waals surface area (Å²) in [6.45, 7) is 2.82. The molecule has 28 heavy (non-hydrogen) atoms. The molecule has 2 rings (SSSR count). The second-order valence-electron chi connectivity index (χ2n) is 6.15. The largest absolute Gasteiger partial charge is 0.466 e. The van der Waals surface area contributed by atoms with E-state index in [0.29, 0.717) is 0 Å². The number of hydrogen-bond acceptors (Lipinski definition) is 4. The van der Waals surface area contributed by atoms with Crippen molar-refractivity contribution in [3.05, 3.63) is 64.5 Å². The zero-order chi connectivity index (χ0) is 21.3. The molecule has 0 aliphatic heterocycles. The molecule has 0 heterocycles. The van der Waals surface area contributed by atoms with Crippen molar-refractivity contribution in [3.8, 4) is 0 Å². The number of halogens is 4. The lowest BCUT2D eigenvalue weighted by molar-refractivity contribution is -0.266. The van der Waals surface area contributed by atoms with Gasteiger partial charge in [0.2, 0.25) is 0 Å². The zero-order valence-electron chi connectivity index (χ0n) is 15.1. The van der Waals surface area contributed by atoms with Gasteiger partial charge in [-0.2, -0.15) is 13.2 Å². The number of rotatable bonds is 4. The number of aliphatic hydroxyl groups is 1. The molecule has 2 aromatic carbocycles. The number of ether oxygens (including phenoxy) is 1. The molecule has 0 aromatic heterocycles. The second kappa shape index (κ2) is 7.59. The summed E-state index contributed by atoms with van der Waals surface area (Å²) >= 11 is 0. The van der Waals surface area contributed by atoms with E-state index in [4.69, 9.17) is 0 Å². The summed E-state index contributed by atoms with van der Waals surface area (Å²) < 4.78 is 57.3. The molecule has 1 amide bonds. The van der Waals surface area contributed by atoms with Gasteiger partial charge >= 0.3 is 12.1 Å². The van der Waals surface area contributed by atoms with Crippen molar-refractivity contribution in [1.29, 1.82) is 0 Å². The van der Waals surface area contributed by atoms with Crippen molar-refractivity contribution in [3.63, 3.8) is 0 Å². The Morgan fingerprint density at radius 1 is 1.04 bits per heavy atom. The molecule has 5 nitrogen and oxygen atoms in total. The predicted molar refractivity (Wildman–Crippen MR) is 92.2 cm³/mol. The van der Waals surface area contributed by atoms with Crippen LogP contribution in [0.25, 0.3) is 0 Å². The van der Waals surface area contributed by atoms with Crippen LogP contribution in [0.15, 0.2) is 36.4 Å². The molecule has 2 N–H and O–H groups in total. The molecule has 0 saturated heterocycles. The van der Waals surface area contributed by atoms with Gasteiger partial charge in [-0.25, -0.2) is 9.18 Å². The number of carbonyl (C=O) groups excluding carboxylic acids is 2. The fourth-order valence-corrected chi connectivity index (χ4v) is 2.70. The Hall–Kier alpha value is -2.94. The van der Waals surface area contributed by atoms with Gasteiger partial charge in [-0.3, -0.25) is 4.79 Å². The summed E-state index contributed by atoms with van der Waals surface area (Å²) in [5, 5.41) is 12.6. The number of methoxy groups -OCH3 is 1. The Morgan fingerprint density at radius 2 is 1.54 bits per heavy atom. The fourth-order valence-electron chi connectivity index (χ4n) is 2.70. The van der Waals surface area contributed by atoms with Crippen molar-refractivity contribution in [1.82, 2.24) is 0 Å². The van der Waals surface area contributed by atoms with E-state index >= 15 is 0 Å². The highest BCUT2D eigenvalue weighted by Crippen LogP contribution is 2.41. The van der Waals surface area contributed by atoms with Gasteiger partial charge in [-0.1, -0.05) is 12.1 Å². The topological polar surface area (TPSA) is 75.6 Å². The van der Waals surface area contributed by atoms with Gasteiger partial charge in [0.05, 0.1) is 7.11 Å². The van der Waals surface area contributed by atoms with Crippen molar-refractivity contribution >= 4 is 17.6 Å². The van der Waals surface area contributed by atoms with E-state index in [-0.39, 0.29) is 22.4 Å². The molecule has 0 bridgehead atoms. The second-order valence-corrected chi connectivity index (χ2v) is 6.15. The number of amides is 1. The van der Waals surface area contributed by atoms with Crippen LogP contribution in [0.4, 0.5) is 23.2 Å². The van der Waals surface area contributed by atoms with Gasteiger partial charge < -0.3 is 15.2 Å². The molecule has 2 aromatic rings. The molecular formula is C19H17F4NO4. The van der Waals surface area contributed by atoms with E-state index in [9.17, 15) is 32.3 Å². The lowest BCUT2D eigenvalue weighted by atomic mass is 9.89. The van der Waals surface area contributed by atoms with Crippen molar-refractivity contribution < 1.29 is 37.0 Å². The molecule has 0 fully saturated rings. The highest BCUT2D eigenvalue weighted by atomic mass is 19.4. The first-order chi connectivity index (χ1) is 12.9. The smallest absolute Gasteiger partial charge is 0.432 e. The number of alkyl halides is 3. The van der Waals surface area contributed by atoms with Crippen molar-refractivity contribution in [2.75, 3.05) is 12.4 Å². The van der Waals surface area contributed by atoms with E-state index < -0.39 is 35.0 Å². The average molecular weight is 399 g/mol. The van der Waals surface area contributed by atoms with E-state index in [2.05, 4.69) is 10.1 Å². The quantitative estimate of drug-likeness (QED) is 0.608. The monoisotopic (exact) mass is 399 g/mol. The highest BCUT2D eigenvalue weighted by Gasteiger charge is 2.62. The fraction of sp³-hybridized carbons (Fsp3) is 0.263.